The number of likely N-dealkylation sites (N-methyl/N-ethyl adjacent to an activating group) is 1. The largest absolute Gasteiger partial charge is 0.383 e. The maximum Gasteiger partial charge on any atom is 0.269 e. The molecule has 0 bridgehead atoms. The van der Waals surface area contributed by atoms with Gasteiger partial charge < -0.3 is 10.2 Å². The van der Waals surface area contributed by atoms with E-state index < -0.39 is 4.92 Å². The van der Waals surface area contributed by atoms with E-state index >= 15 is 0 Å². The molecule has 3 aromatic rings. The number of aliphatic imine (C=N–C) groups is 1. The number of nitro groups is 1. The second-order valence-electron chi connectivity index (χ2n) is 6.64. The highest BCUT2D eigenvalue weighted by molar-refractivity contribution is 5.98. The molecule has 0 atom stereocenters. The third-order valence-electron chi connectivity index (χ3n) is 4.50. The third kappa shape index (κ3) is 5.90. The monoisotopic (exact) mass is 388 g/mol. The summed E-state index contributed by atoms with van der Waals surface area (Å²) in [7, 11) is 2.02. The van der Waals surface area contributed by atoms with Crippen molar-refractivity contribution in [3.8, 4) is 0 Å². The van der Waals surface area contributed by atoms with Gasteiger partial charge in [0.05, 0.1) is 11.5 Å². The second-order valence-corrected chi connectivity index (χ2v) is 6.64. The van der Waals surface area contributed by atoms with E-state index in [1.807, 2.05) is 43.4 Å². The number of nitro benzene ring substituents is 1. The van der Waals surface area contributed by atoms with Gasteiger partial charge in [-0.05, 0) is 17.7 Å². The number of hydrogen-bond acceptors (Lipinski definition) is 4. The van der Waals surface area contributed by atoms with Crippen LogP contribution in [-0.4, -0.2) is 35.8 Å². The summed E-state index contributed by atoms with van der Waals surface area (Å²) in [6.07, 6.45) is 0. The molecule has 0 fully saturated rings. The van der Waals surface area contributed by atoms with Crippen molar-refractivity contribution < 1.29 is 4.92 Å². The average Bonchev–Trinajstić information content (AvgIpc) is 2.76. The Labute approximate surface area is 170 Å². The summed E-state index contributed by atoms with van der Waals surface area (Å²) < 4.78 is 0. The Bertz CT molecular complexity index is 942. The van der Waals surface area contributed by atoms with Crippen molar-refractivity contribution in [2.75, 3.05) is 25.5 Å². The number of rotatable bonds is 8. The Kier molecular flexibility index (Phi) is 6.95. The van der Waals surface area contributed by atoms with E-state index in [0.29, 0.717) is 13.1 Å². The van der Waals surface area contributed by atoms with Crippen molar-refractivity contribution in [1.82, 2.24) is 4.90 Å². The van der Waals surface area contributed by atoms with E-state index in [2.05, 4.69) is 34.5 Å². The first-order valence-corrected chi connectivity index (χ1v) is 9.47. The van der Waals surface area contributed by atoms with Gasteiger partial charge >= 0.3 is 0 Å². The molecule has 1 N–H and O–H groups in total. The lowest BCUT2D eigenvalue weighted by Crippen LogP contribution is -2.32. The number of hydrogen-bond donors (Lipinski definition) is 1. The smallest absolute Gasteiger partial charge is 0.269 e. The highest BCUT2D eigenvalue weighted by Gasteiger charge is 2.09. The van der Waals surface area contributed by atoms with Crippen LogP contribution in [0.25, 0.3) is 0 Å². The van der Waals surface area contributed by atoms with E-state index in [9.17, 15) is 10.1 Å². The highest BCUT2D eigenvalue weighted by Crippen LogP contribution is 2.15. The van der Waals surface area contributed by atoms with Crippen molar-refractivity contribution in [2.45, 2.75) is 6.54 Å². The molecule has 3 aromatic carbocycles. The van der Waals surface area contributed by atoms with Crippen LogP contribution in [0.4, 0.5) is 11.4 Å². The predicted molar refractivity (Wildman–Crippen MR) is 117 cm³/mol. The molecular weight excluding hydrogens is 364 g/mol. The lowest BCUT2D eigenvalue weighted by molar-refractivity contribution is -0.384. The SMILES string of the molecule is CN(CCNc1ccc([N+](=O)[O-])cc1)C(=NCc1ccccc1)c1ccccc1. The topological polar surface area (TPSA) is 70.8 Å². The van der Waals surface area contributed by atoms with E-state index in [-0.39, 0.29) is 5.69 Å². The van der Waals surface area contributed by atoms with Gasteiger partial charge in [0.1, 0.15) is 5.84 Å². The molecule has 6 nitrogen and oxygen atoms in total. The Balaban J connectivity index is 1.64. The van der Waals surface area contributed by atoms with Gasteiger partial charge in [0.2, 0.25) is 0 Å². The molecule has 0 aliphatic heterocycles. The maximum absolute atomic E-state index is 10.8. The minimum absolute atomic E-state index is 0.0899. The fourth-order valence-corrected chi connectivity index (χ4v) is 2.94. The molecule has 0 aliphatic carbocycles. The van der Waals surface area contributed by atoms with Crippen LogP contribution >= 0.6 is 0 Å². The fourth-order valence-electron chi connectivity index (χ4n) is 2.94. The minimum Gasteiger partial charge on any atom is -0.383 e. The Morgan fingerprint density at radius 2 is 1.59 bits per heavy atom. The highest BCUT2D eigenvalue weighted by atomic mass is 16.6. The molecule has 0 aliphatic rings. The van der Waals surface area contributed by atoms with Crippen molar-refractivity contribution in [2.24, 2.45) is 4.99 Å². The van der Waals surface area contributed by atoms with E-state index in [0.717, 1.165) is 23.6 Å². The number of amidine groups is 1. The zero-order valence-corrected chi connectivity index (χ0v) is 16.4. The summed E-state index contributed by atoms with van der Waals surface area (Å²) in [4.78, 5) is 17.3. The number of nitrogens with one attached hydrogen (secondary N) is 1. The number of anilines is 1. The van der Waals surface area contributed by atoms with Crippen LogP contribution in [0.15, 0.2) is 89.9 Å². The normalized spacial score (nSPS) is 11.1. The summed E-state index contributed by atoms with van der Waals surface area (Å²) in [6, 6.07) is 26.8. The first-order valence-electron chi connectivity index (χ1n) is 9.47. The van der Waals surface area contributed by atoms with Gasteiger partial charge in [-0.3, -0.25) is 15.1 Å². The summed E-state index contributed by atoms with van der Waals surface area (Å²) in [5.41, 5.74) is 3.18. The Hall–Kier alpha value is -3.67. The van der Waals surface area contributed by atoms with Crippen LogP contribution < -0.4 is 5.32 Å². The lowest BCUT2D eigenvalue weighted by Gasteiger charge is -2.22. The van der Waals surface area contributed by atoms with Crippen molar-refractivity contribution in [1.29, 1.82) is 0 Å². The number of benzene rings is 3. The molecule has 0 saturated heterocycles. The molecule has 6 heteroatoms. The van der Waals surface area contributed by atoms with Gasteiger partial charge in [-0.1, -0.05) is 60.7 Å². The molecular formula is C23H24N4O2. The van der Waals surface area contributed by atoms with E-state index in [1.165, 1.54) is 17.7 Å². The molecule has 0 saturated carbocycles. The molecule has 29 heavy (non-hydrogen) atoms. The molecule has 0 amide bonds. The van der Waals surface area contributed by atoms with Crippen molar-refractivity contribution >= 4 is 17.2 Å². The van der Waals surface area contributed by atoms with Crippen LogP contribution in [0.3, 0.4) is 0 Å². The summed E-state index contributed by atoms with van der Waals surface area (Å²) in [5.74, 6) is 0.931. The van der Waals surface area contributed by atoms with E-state index in [4.69, 9.17) is 4.99 Å². The van der Waals surface area contributed by atoms with Crippen molar-refractivity contribution in [3.05, 3.63) is 106 Å². The van der Waals surface area contributed by atoms with Crippen LogP contribution in [0, 0.1) is 10.1 Å². The van der Waals surface area contributed by atoms with Gasteiger partial charge in [0.15, 0.2) is 0 Å². The fraction of sp³-hybridized carbons (Fsp3) is 0.174. The predicted octanol–water partition coefficient (Wildman–Crippen LogP) is 4.59. The molecule has 0 unspecified atom stereocenters. The Morgan fingerprint density at radius 3 is 2.21 bits per heavy atom. The van der Waals surface area contributed by atoms with Gasteiger partial charge in [-0.2, -0.15) is 0 Å². The second kappa shape index (κ2) is 10.0. The van der Waals surface area contributed by atoms with Crippen molar-refractivity contribution in [3.63, 3.8) is 0 Å². The Morgan fingerprint density at radius 1 is 0.966 bits per heavy atom. The zero-order valence-electron chi connectivity index (χ0n) is 16.4. The molecule has 3 rings (SSSR count). The van der Waals surface area contributed by atoms with Gasteiger partial charge in [-0.15, -0.1) is 0 Å². The summed E-state index contributed by atoms with van der Waals surface area (Å²) >= 11 is 0. The average molecular weight is 388 g/mol. The molecule has 0 heterocycles. The van der Waals surface area contributed by atoms with Gasteiger partial charge in [-0.25, -0.2) is 0 Å². The third-order valence-corrected chi connectivity index (χ3v) is 4.50. The standard InChI is InChI=1S/C23H24N4O2/c1-26(17-16-24-21-12-14-22(15-13-21)27(28)29)23(20-10-6-3-7-11-20)25-18-19-8-4-2-5-9-19/h2-15,24H,16-18H2,1H3. The molecule has 0 aromatic heterocycles. The number of nitrogens with zero attached hydrogens (tertiary/aromatic N) is 3. The number of non-ortho nitro benzene ring substituents is 1. The molecule has 0 spiro atoms. The lowest BCUT2D eigenvalue weighted by atomic mass is 10.2. The van der Waals surface area contributed by atoms with Gasteiger partial charge in [0.25, 0.3) is 5.69 Å². The molecule has 148 valence electrons. The quantitative estimate of drug-likeness (QED) is 0.265. The first kappa shape index (κ1) is 20.1. The van der Waals surface area contributed by atoms with Crippen LogP contribution in [-0.2, 0) is 6.54 Å². The maximum atomic E-state index is 10.8. The van der Waals surface area contributed by atoms with E-state index in [1.54, 1.807) is 12.1 Å². The minimum atomic E-state index is -0.396. The summed E-state index contributed by atoms with van der Waals surface area (Å²) in [6.45, 7) is 2.04. The van der Waals surface area contributed by atoms with Gasteiger partial charge in [0, 0.05) is 43.5 Å². The van der Waals surface area contributed by atoms with Crippen LogP contribution in [0.5, 0.6) is 0 Å². The molecule has 0 radical (unpaired) electrons. The zero-order chi connectivity index (χ0) is 20.5. The van der Waals surface area contributed by atoms with Crippen LogP contribution in [0.2, 0.25) is 0 Å². The first-order chi connectivity index (χ1) is 14.1. The summed E-state index contributed by atoms with van der Waals surface area (Å²) in [5, 5.41) is 14.1. The van der Waals surface area contributed by atoms with Crippen LogP contribution in [0.1, 0.15) is 11.1 Å².